The number of benzene rings is 1. The molecule has 0 spiro atoms. The highest BCUT2D eigenvalue weighted by molar-refractivity contribution is 7.92. The predicted octanol–water partition coefficient (Wildman–Crippen LogP) is 2.10. The van der Waals surface area contributed by atoms with Crippen LogP contribution in [0.2, 0.25) is 0 Å². The van der Waals surface area contributed by atoms with Crippen LogP contribution in [0.15, 0.2) is 70.7 Å². The van der Waals surface area contributed by atoms with Crippen molar-refractivity contribution in [1.29, 1.82) is 0 Å². The van der Waals surface area contributed by atoms with Crippen LogP contribution >= 0.6 is 0 Å². The molecule has 13 heteroatoms. The number of nitrogens with zero attached hydrogens (tertiary/aromatic N) is 3. The van der Waals surface area contributed by atoms with Crippen LogP contribution in [-0.2, 0) is 27.5 Å². The minimum absolute atomic E-state index is 0.119. The summed E-state index contributed by atoms with van der Waals surface area (Å²) in [6.45, 7) is -0.657. The van der Waals surface area contributed by atoms with Gasteiger partial charge in [-0.15, -0.1) is 0 Å². The van der Waals surface area contributed by atoms with Crippen LogP contribution in [0.4, 0.5) is 24.8 Å². The van der Waals surface area contributed by atoms with Gasteiger partial charge in [-0.3, -0.25) is 9.59 Å². The smallest absolute Gasteiger partial charge is 0.325 e. The van der Waals surface area contributed by atoms with Crippen LogP contribution in [0, 0.1) is 0 Å². The molecule has 1 amide bonds. The molecule has 3 aromatic rings. The average molecular weight is 453 g/mol. The summed E-state index contributed by atoms with van der Waals surface area (Å²) in [5.41, 5.74) is -2.55. The quantitative estimate of drug-likeness (QED) is 0.589. The van der Waals surface area contributed by atoms with Crippen molar-refractivity contribution in [2.45, 2.75) is 17.6 Å². The summed E-state index contributed by atoms with van der Waals surface area (Å²) < 4.78 is 65.9. The minimum atomic E-state index is -4.84. The van der Waals surface area contributed by atoms with E-state index in [2.05, 4.69) is 20.0 Å². The fourth-order valence-corrected chi connectivity index (χ4v) is 3.44. The van der Waals surface area contributed by atoms with Crippen LogP contribution in [0.3, 0.4) is 0 Å². The molecule has 2 heterocycles. The Bertz CT molecular complexity index is 1240. The van der Waals surface area contributed by atoms with Gasteiger partial charge >= 0.3 is 6.18 Å². The number of alkyl halides is 3. The second-order valence-corrected chi connectivity index (χ2v) is 7.79. The van der Waals surface area contributed by atoms with E-state index in [1.165, 1.54) is 42.7 Å². The summed E-state index contributed by atoms with van der Waals surface area (Å²) in [4.78, 5) is 31.4. The van der Waals surface area contributed by atoms with E-state index in [4.69, 9.17) is 0 Å². The molecule has 1 aromatic carbocycles. The van der Waals surface area contributed by atoms with Crippen molar-refractivity contribution in [3.05, 3.63) is 77.0 Å². The third kappa shape index (κ3) is 5.45. The fourth-order valence-electron chi connectivity index (χ4n) is 2.48. The molecule has 2 aromatic heterocycles. The molecule has 162 valence electrons. The van der Waals surface area contributed by atoms with Gasteiger partial charge in [-0.05, 0) is 42.5 Å². The highest BCUT2D eigenvalue weighted by atomic mass is 32.2. The first-order chi connectivity index (χ1) is 14.6. The van der Waals surface area contributed by atoms with Crippen molar-refractivity contribution in [2.75, 3.05) is 10.0 Å². The first-order valence-corrected chi connectivity index (χ1v) is 10.0. The van der Waals surface area contributed by atoms with Crippen molar-refractivity contribution in [1.82, 2.24) is 14.5 Å². The van der Waals surface area contributed by atoms with Gasteiger partial charge < -0.3 is 9.88 Å². The topological polar surface area (TPSA) is 123 Å². The number of sulfonamides is 1. The lowest BCUT2D eigenvalue weighted by atomic mass is 10.2. The maximum atomic E-state index is 12.8. The molecular formula is C18H14F3N5O4S. The molecule has 0 bridgehead atoms. The standard InChI is InChI=1S/C18H14F3N5O4S/c19-18(20,21)14-3-1-10-26(16(14)28)11-15(27)24-12-4-6-13(7-5-12)31(29,30)25-17-22-8-2-9-23-17/h1-10H,11H2,(H,24,27)(H,22,23,25). The first-order valence-electron chi connectivity index (χ1n) is 8.53. The van der Waals surface area contributed by atoms with Crippen molar-refractivity contribution in [3.8, 4) is 0 Å². The van der Waals surface area contributed by atoms with Gasteiger partial charge in [0.2, 0.25) is 11.9 Å². The monoisotopic (exact) mass is 453 g/mol. The molecule has 0 aliphatic rings. The molecule has 9 nitrogen and oxygen atoms in total. The highest BCUT2D eigenvalue weighted by Crippen LogP contribution is 2.26. The van der Waals surface area contributed by atoms with E-state index >= 15 is 0 Å². The summed E-state index contributed by atoms with van der Waals surface area (Å²) in [5, 5.41) is 2.38. The van der Waals surface area contributed by atoms with Gasteiger partial charge in [-0.1, -0.05) is 0 Å². The Morgan fingerprint density at radius 3 is 2.29 bits per heavy atom. The Labute approximate surface area is 173 Å². The second kappa shape index (κ2) is 8.55. The van der Waals surface area contributed by atoms with Crippen molar-refractivity contribution >= 4 is 27.6 Å². The second-order valence-electron chi connectivity index (χ2n) is 6.10. The Kier molecular flexibility index (Phi) is 6.06. The number of nitrogens with one attached hydrogen (secondary N) is 2. The lowest BCUT2D eigenvalue weighted by molar-refractivity contribution is -0.139. The Balaban J connectivity index is 1.69. The third-order valence-corrected chi connectivity index (χ3v) is 5.22. The molecule has 0 atom stereocenters. The number of halogens is 3. The normalized spacial score (nSPS) is 11.7. The molecule has 0 saturated heterocycles. The molecule has 0 aliphatic heterocycles. The van der Waals surface area contributed by atoms with Gasteiger partial charge in [0.1, 0.15) is 12.1 Å². The molecule has 0 fully saturated rings. The Hall–Kier alpha value is -3.74. The highest BCUT2D eigenvalue weighted by Gasteiger charge is 2.34. The molecule has 0 aliphatic carbocycles. The van der Waals surface area contributed by atoms with Crippen LogP contribution in [0.25, 0.3) is 0 Å². The Morgan fingerprint density at radius 2 is 1.68 bits per heavy atom. The van der Waals surface area contributed by atoms with Gasteiger partial charge in [-0.25, -0.2) is 23.1 Å². The molecule has 0 unspecified atom stereocenters. The lowest BCUT2D eigenvalue weighted by Gasteiger charge is -2.11. The maximum absolute atomic E-state index is 12.8. The zero-order valence-electron chi connectivity index (χ0n) is 15.5. The molecular weight excluding hydrogens is 439 g/mol. The van der Waals surface area contributed by atoms with Crippen molar-refractivity contribution < 1.29 is 26.4 Å². The molecule has 2 N–H and O–H groups in total. The van der Waals surface area contributed by atoms with Crippen molar-refractivity contribution in [2.24, 2.45) is 0 Å². The van der Waals surface area contributed by atoms with Crippen LogP contribution in [0.5, 0.6) is 0 Å². The summed E-state index contributed by atoms with van der Waals surface area (Å²) in [6.07, 6.45) is -1.06. The number of amides is 1. The fraction of sp³-hybridized carbons (Fsp3) is 0.111. The van der Waals surface area contributed by atoms with Gasteiger partial charge in [0.25, 0.3) is 15.6 Å². The summed E-state index contributed by atoms with van der Waals surface area (Å²) in [6, 6.07) is 8.14. The number of hydrogen-bond acceptors (Lipinski definition) is 6. The summed E-state index contributed by atoms with van der Waals surface area (Å²) in [5.74, 6) is -0.890. The number of anilines is 2. The number of rotatable bonds is 6. The average Bonchev–Trinajstić information content (AvgIpc) is 2.69. The van der Waals surface area contributed by atoms with Crippen molar-refractivity contribution in [3.63, 3.8) is 0 Å². The van der Waals surface area contributed by atoms with Gasteiger partial charge in [0.15, 0.2) is 0 Å². The number of carbonyl (C=O) groups excluding carboxylic acids is 1. The number of aromatic nitrogens is 3. The van der Waals surface area contributed by atoms with E-state index in [0.717, 1.165) is 12.3 Å². The van der Waals surface area contributed by atoms with Gasteiger partial charge in [-0.2, -0.15) is 13.2 Å². The maximum Gasteiger partial charge on any atom is 0.421 e. The predicted molar refractivity (Wildman–Crippen MR) is 104 cm³/mol. The van der Waals surface area contributed by atoms with E-state index < -0.39 is 39.8 Å². The minimum Gasteiger partial charge on any atom is -0.325 e. The molecule has 31 heavy (non-hydrogen) atoms. The zero-order chi connectivity index (χ0) is 22.6. The van der Waals surface area contributed by atoms with E-state index in [9.17, 15) is 31.2 Å². The summed E-state index contributed by atoms with van der Waals surface area (Å²) >= 11 is 0. The number of pyridine rings is 1. The Morgan fingerprint density at radius 1 is 1.03 bits per heavy atom. The van der Waals surface area contributed by atoms with E-state index in [0.29, 0.717) is 10.6 Å². The van der Waals surface area contributed by atoms with Crippen LogP contribution in [0.1, 0.15) is 5.56 Å². The first kappa shape index (κ1) is 22.0. The zero-order valence-corrected chi connectivity index (χ0v) is 16.3. The van der Waals surface area contributed by atoms with Gasteiger partial charge in [0.05, 0.1) is 4.90 Å². The molecule has 3 rings (SSSR count). The lowest BCUT2D eigenvalue weighted by Crippen LogP contribution is -2.31. The molecule has 0 radical (unpaired) electrons. The number of carbonyl (C=O) groups is 1. The molecule has 0 saturated carbocycles. The van der Waals surface area contributed by atoms with E-state index in [1.807, 2.05) is 0 Å². The largest absolute Gasteiger partial charge is 0.421 e. The van der Waals surface area contributed by atoms with Crippen LogP contribution < -0.4 is 15.6 Å². The van der Waals surface area contributed by atoms with E-state index in [1.54, 1.807) is 0 Å². The number of hydrogen-bond donors (Lipinski definition) is 2. The van der Waals surface area contributed by atoms with Gasteiger partial charge in [0, 0.05) is 24.3 Å². The summed E-state index contributed by atoms with van der Waals surface area (Å²) in [7, 11) is -3.97. The SMILES string of the molecule is O=C(Cn1cccc(C(F)(F)F)c1=O)Nc1ccc(S(=O)(=O)Nc2ncccn2)cc1. The van der Waals surface area contributed by atoms with Crippen LogP contribution in [-0.4, -0.2) is 28.9 Å². The third-order valence-electron chi connectivity index (χ3n) is 3.88. The van der Waals surface area contributed by atoms with E-state index in [-0.39, 0.29) is 16.5 Å².